The summed E-state index contributed by atoms with van der Waals surface area (Å²) in [6, 6.07) is 0. The third kappa shape index (κ3) is 2.38. The van der Waals surface area contributed by atoms with Gasteiger partial charge in [0.05, 0.1) is 11.6 Å². The minimum Gasteiger partial charge on any atom is -0.393 e. The molecule has 1 unspecified atom stereocenters. The van der Waals surface area contributed by atoms with Gasteiger partial charge in [-0.2, -0.15) is 0 Å². The predicted molar refractivity (Wildman–Crippen MR) is 62.1 cm³/mol. The van der Waals surface area contributed by atoms with Crippen LogP contribution in [0, 0.1) is 0 Å². The van der Waals surface area contributed by atoms with Gasteiger partial charge in [0.25, 0.3) is 0 Å². The van der Waals surface area contributed by atoms with E-state index in [4.69, 9.17) is 0 Å². The van der Waals surface area contributed by atoms with E-state index in [1.54, 1.807) is 0 Å². The third-order valence-electron chi connectivity index (χ3n) is 3.84. The van der Waals surface area contributed by atoms with Crippen LogP contribution in [0.4, 0.5) is 0 Å². The van der Waals surface area contributed by atoms with Crippen LogP contribution >= 0.6 is 0 Å². The number of nitrogens with one attached hydrogen (secondary N) is 1. The monoisotopic (exact) mass is 226 g/mol. The molecule has 0 aromatic carbocycles. The Morgan fingerprint density at radius 3 is 2.62 bits per heavy atom. The van der Waals surface area contributed by atoms with Crippen LogP contribution in [0.15, 0.2) is 0 Å². The minimum absolute atomic E-state index is 0.212. The van der Waals surface area contributed by atoms with E-state index in [0.29, 0.717) is 13.1 Å². The normalized spacial score (nSPS) is 32.8. The average Bonchev–Trinajstić information content (AvgIpc) is 2.30. The molecule has 0 bridgehead atoms. The summed E-state index contributed by atoms with van der Waals surface area (Å²) in [6.07, 6.45) is 4.47. The zero-order valence-corrected chi connectivity index (χ0v) is 10.0. The highest BCUT2D eigenvalue weighted by Crippen LogP contribution is 2.23. The first-order valence-electron chi connectivity index (χ1n) is 6.34. The van der Waals surface area contributed by atoms with E-state index in [1.165, 1.54) is 6.42 Å². The Hall–Kier alpha value is -0.610. The molecular weight excluding hydrogens is 204 g/mol. The van der Waals surface area contributed by atoms with Crippen LogP contribution in [0.1, 0.15) is 39.0 Å². The standard InChI is InChI=1S/C12H22N2O2/c1-12(6-2-3-7-13-12)11(16)14-8-4-10(15)5-9-14/h10,13,15H,2-9H2,1H3. The lowest BCUT2D eigenvalue weighted by Gasteiger charge is -2.40. The van der Waals surface area contributed by atoms with Crippen molar-refractivity contribution in [2.45, 2.75) is 50.7 Å². The maximum atomic E-state index is 12.4. The number of amides is 1. The van der Waals surface area contributed by atoms with Crippen LogP contribution in [-0.2, 0) is 4.79 Å². The Bertz CT molecular complexity index is 254. The number of carbonyl (C=O) groups excluding carboxylic acids is 1. The molecule has 16 heavy (non-hydrogen) atoms. The fraction of sp³-hybridized carbons (Fsp3) is 0.917. The Kier molecular flexibility index (Phi) is 3.50. The highest BCUT2D eigenvalue weighted by atomic mass is 16.3. The number of likely N-dealkylation sites (tertiary alicyclic amines) is 1. The van der Waals surface area contributed by atoms with E-state index in [-0.39, 0.29) is 17.6 Å². The van der Waals surface area contributed by atoms with Crippen molar-refractivity contribution in [3.05, 3.63) is 0 Å². The van der Waals surface area contributed by atoms with Gasteiger partial charge in [-0.3, -0.25) is 4.79 Å². The summed E-state index contributed by atoms with van der Waals surface area (Å²) in [5, 5.41) is 12.8. The molecule has 4 nitrogen and oxygen atoms in total. The van der Waals surface area contributed by atoms with E-state index in [2.05, 4.69) is 5.32 Å². The summed E-state index contributed by atoms with van der Waals surface area (Å²) in [7, 11) is 0. The topological polar surface area (TPSA) is 52.6 Å². The number of aliphatic hydroxyl groups excluding tert-OH is 1. The number of aliphatic hydroxyl groups is 1. The second kappa shape index (κ2) is 4.72. The Morgan fingerprint density at radius 2 is 2.06 bits per heavy atom. The number of hydrogen-bond acceptors (Lipinski definition) is 3. The summed E-state index contributed by atoms with van der Waals surface area (Å²) in [6.45, 7) is 4.37. The van der Waals surface area contributed by atoms with E-state index in [9.17, 15) is 9.90 Å². The van der Waals surface area contributed by atoms with Crippen molar-refractivity contribution < 1.29 is 9.90 Å². The molecule has 0 aliphatic carbocycles. The lowest BCUT2D eigenvalue weighted by atomic mass is 9.89. The lowest BCUT2D eigenvalue weighted by Crippen LogP contribution is -2.59. The van der Waals surface area contributed by atoms with Crippen molar-refractivity contribution >= 4 is 5.91 Å². The molecule has 0 aromatic heterocycles. The molecule has 2 aliphatic heterocycles. The number of carbonyl (C=O) groups is 1. The van der Waals surface area contributed by atoms with Gasteiger partial charge in [-0.25, -0.2) is 0 Å². The van der Waals surface area contributed by atoms with Gasteiger partial charge in [-0.15, -0.1) is 0 Å². The SMILES string of the molecule is CC1(C(=O)N2CCC(O)CC2)CCCCN1. The molecule has 0 aromatic rings. The number of piperidine rings is 2. The molecule has 2 aliphatic rings. The molecule has 2 rings (SSSR count). The van der Waals surface area contributed by atoms with Gasteiger partial charge in [0.2, 0.25) is 5.91 Å². The van der Waals surface area contributed by atoms with Crippen LogP contribution < -0.4 is 5.32 Å². The lowest BCUT2D eigenvalue weighted by molar-refractivity contribution is -0.140. The maximum Gasteiger partial charge on any atom is 0.242 e. The van der Waals surface area contributed by atoms with Crippen molar-refractivity contribution in [3.8, 4) is 0 Å². The highest BCUT2D eigenvalue weighted by molar-refractivity contribution is 5.86. The highest BCUT2D eigenvalue weighted by Gasteiger charge is 2.38. The van der Waals surface area contributed by atoms with Gasteiger partial charge in [0, 0.05) is 13.1 Å². The largest absolute Gasteiger partial charge is 0.393 e. The fourth-order valence-electron chi connectivity index (χ4n) is 2.66. The Labute approximate surface area is 97.0 Å². The quantitative estimate of drug-likeness (QED) is 0.684. The van der Waals surface area contributed by atoms with Crippen LogP contribution in [0.5, 0.6) is 0 Å². The fourth-order valence-corrected chi connectivity index (χ4v) is 2.66. The van der Waals surface area contributed by atoms with Gasteiger partial charge in [-0.1, -0.05) is 0 Å². The van der Waals surface area contributed by atoms with Crippen molar-refractivity contribution in [3.63, 3.8) is 0 Å². The van der Waals surface area contributed by atoms with Crippen LogP contribution in [0.3, 0.4) is 0 Å². The molecule has 1 atom stereocenters. The average molecular weight is 226 g/mol. The van der Waals surface area contributed by atoms with Crippen LogP contribution in [0.25, 0.3) is 0 Å². The third-order valence-corrected chi connectivity index (χ3v) is 3.84. The molecule has 2 heterocycles. The van der Waals surface area contributed by atoms with Crippen molar-refractivity contribution in [1.82, 2.24) is 10.2 Å². The molecule has 0 saturated carbocycles. The second-order valence-corrected chi connectivity index (χ2v) is 5.24. The second-order valence-electron chi connectivity index (χ2n) is 5.24. The van der Waals surface area contributed by atoms with Gasteiger partial charge in [-0.05, 0) is 45.6 Å². The summed E-state index contributed by atoms with van der Waals surface area (Å²) in [4.78, 5) is 14.3. The Balaban J connectivity index is 1.95. The summed E-state index contributed by atoms with van der Waals surface area (Å²) in [5.41, 5.74) is -0.361. The number of hydrogen-bond donors (Lipinski definition) is 2. The molecule has 92 valence electrons. The summed E-state index contributed by atoms with van der Waals surface area (Å²) in [5.74, 6) is 0.221. The zero-order chi connectivity index (χ0) is 11.6. The van der Waals surface area contributed by atoms with Crippen LogP contribution in [-0.4, -0.2) is 47.2 Å². The first-order chi connectivity index (χ1) is 7.62. The number of rotatable bonds is 1. The summed E-state index contributed by atoms with van der Waals surface area (Å²) >= 11 is 0. The van der Waals surface area contributed by atoms with E-state index in [1.807, 2.05) is 11.8 Å². The molecule has 1 amide bonds. The maximum absolute atomic E-state index is 12.4. The smallest absolute Gasteiger partial charge is 0.242 e. The number of nitrogens with zero attached hydrogens (tertiary/aromatic N) is 1. The minimum atomic E-state index is -0.361. The van der Waals surface area contributed by atoms with Gasteiger partial charge in [0.15, 0.2) is 0 Å². The molecule has 0 radical (unpaired) electrons. The van der Waals surface area contributed by atoms with Crippen molar-refractivity contribution in [2.24, 2.45) is 0 Å². The van der Waals surface area contributed by atoms with E-state index in [0.717, 1.165) is 32.2 Å². The zero-order valence-electron chi connectivity index (χ0n) is 10.0. The molecular formula is C12H22N2O2. The van der Waals surface area contributed by atoms with Crippen LogP contribution in [0.2, 0.25) is 0 Å². The van der Waals surface area contributed by atoms with Gasteiger partial charge >= 0.3 is 0 Å². The van der Waals surface area contributed by atoms with E-state index < -0.39 is 0 Å². The first kappa shape index (κ1) is 11.9. The summed E-state index contributed by atoms with van der Waals surface area (Å²) < 4.78 is 0. The first-order valence-corrected chi connectivity index (χ1v) is 6.34. The molecule has 2 saturated heterocycles. The molecule has 2 fully saturated rings. The van der Waals surface area contributed by atoms with Gasteiger partial charge < -0.3 is 15.3 Å². The van der Waals surface area contributed by atoms with Crippen molar-refractivity contribution in [2.75, 3.05) is 19.6 Å². The molecule has 2 N–H and O–H groups in total. The van der Waals surface area contributed by atoms with Crippen molar-refractivity contribution in [1.29, 1.82) is 0 Å². The Morgan fingerprint density at radius 1 is 1.38 bits per heavy atom. The molecule has 0 spiro atoms. The van der Waals surface area contributed by atoms with E-state index >= 15 is 0 Å². The predicted octanol–water partition coefficient (Wildman–Crippen LogP) is 0.502. The van der Waals surface area contributed by atoms with Gasteiger partial charge in [0.1, 0.15) is 0 Å². The molecule has 4 heteroatoms.